The molecule has 2 N–H and O–H groups in total. The zero-order valence-corrected chi connectivity index (χ0v) is 16.4. The smallest absolute Gasteiger partial charge is 0.378 e. The Labute approximate surface area is 170 Å². The first kappa shape index (κ1) is 21.9. The van der Waals surface area contributed by atoms with Gasteiger partial charge in [-0.25, -0.2) is 4.98 Å². The second-order valence-corrected chi connectivity index (χ2v) is 6.88. The number of aliphatic hydroxyl groups is 1. The van der Waals surface area contributed by atoms with E-state index in [1.807, 2.05) is 0 Å². The van der Waals surface area contributed by atoms with Crippen molar-refractivity contribution in [1.82, 2.24) is 9.97 Å². The fourth-order valence-electron chi connectivity index (χ4n) is 3.16. The molecule has 5 nitrogen and oxygen atoms in total. The number of hydrogen-bond donors (Lipinski definition) is 2. The third-order valence-electron chi connectivity index (χ3n) is 4.75. The summed E-state index contributed by atoms with van der Waals surface area (Å²) < 4.78 is 60.4. The monoisotopic (exact) mass is 423 g/mol. The lowest BCUT2D eigenvalue weighted by atomic mass is 9.88. The van der Waals surface area contributed by atoms with Crippen LogP contribution >= 0.6 is 0 Å². The molecule has 3 rings (SSSR count). The van der Waals surface area contributed by atoms with E-state index < -0.39 is 30.4 Å². The van der Waals surface area contributed by atoms with E-state index in [0.29, 0.717) is 16.6 Å². The van der Waals surface area contributed by atoms with E-state index in [9.17, 15) is 22.7 Å². The number of alkyl halides is 3. The standard InChI is InChI=1S/C21H21F4N3O2/c1-3-30-12-20(29,21(23,24)25)19(14-8-10-18(22)26-11-14)28-17-6-4-5-16-15(17)9-7-13(2)27-16/h4-11,19,28-29H,3,12H2,1-2H3. The topological polar surface area (TPSA) is 67.3 Å². The van der Waals surface area contributed by atoms with Gasteiger partial charge in [0.1, 0.15) is 0 Å². The van der Waals surface area contributed by atoms with E-state index in [1.165, 1.54) is 6.92 Å². The van der Waals surface area contributed by atoms with Crippen molar-refractivity contribution in [3.63, 3.8) is 0 Å². The second kappa shape index (κ2) is 8.53. The molecule has 0 saturated carbocycles. The average molecular weight is 423 g/mol. The normalized spacial score (nSPS) is 15.0. The van der Waals surface area contributed by atoms with Gasteiger partial charge >= 0.3 is 6.18 Å². The highest BCUT2D eigenvalue weighted by Gasteiger charge is 2.59. The summed E-state index contributed by atoms with van der Waals surface area (Å²) in [5.41, 5.74) is -1.69. The van der Waals surface area contributed by atoms with E-state index in [-0.39, 0.29) is 12.2 Å². The maximum Gasteiger partial charge on any atom is 0.421 e. The van der Waals surface area contributed by atoms with Gasteiger partial charge in [-0.15, -0.1) is 0 Å². The van der Waals surface area contributed by atoms with Crippen LogP contribution < -0.4 is 5.32 Å². The van der Waals surface area contributed by atoms with Crippen LogP contribution in [-0.4, -0.2) is 40.1 Å². The van der Waals surface area contributed by atoms with Gasteiger partial charge in [-0.2, -0.15) is 17.6 Å². The van der Waals surface area contributed by atoms with Crippen LogP contribution in [0, 0.1) is 12.9 Å². The third kappa shape index (κ3) is 4.36. The molecule has 0 fully saturated rings. The summed E-state index contributed by atoms with van der Waals surface area (Å²) >= 11 is 0. The number of rotatable bonds is 7. The fraction of sp³-hybridized carbons (Fsp3) is 0.333. The molecule has 3 aromatic rings. The Balaban J connectivity index is 2.14. The SMILES string of the molecule is CCOCC(O)(C(Nc1cccc2nc(C)ccc12)c1ccc(F)nc1)C(F)(F)F. The van der Waals surface area contributed by atoms with Gasteiger partial charge in [-0.1, -0.05) is 12.1 Å². The van der Waals surface area contributed by atoms with Crippen molar-refractivity contribution in [1.29, 1.82) is 0 Å². The summed E-state index contributed by atoms with van der Waals surface area (Å²) in [7, 11) is 0. The van der Waals surface area contributed by atoms with Crippen molar-refractivity contribution in [2.45, 2.75) is 31.7 Å². The first-order chi connectivity index (χ1) is 14.2. The Morgan fingerprint density at radius 3 is 2.53 bits per heavy atom. The minimum atomic E-state index is -5.05. The molecule has 0 radical (unpaired) electrons. The molecule has 0 bridgehead atoms. The van der Waals surface area contributed by atoms with Gasteiger partial charge in [0.2, 0.25) is 11.5 Å². The summed E-state index contributed by atoms with van der Waals surface area (Å²) in [5, 5.41) is 14.1. The molecule has 2 heterocycles. The number of anilines is 1. The Hall–Kier alpha value is -2.78. The minimum absolute atomic E-state index is 0.0236. The van der Waals surface area contributed by atoms with E-state index in [0.717, 1.165) is 24.0 Å². The molecule has 9 heteroatoms. The van der Waals surface area contributed by atoms with Crippen LogP contribution in [0.2, 0.25) is 0 Å². The van der Waals surface area contributed by atoms with Gasteiger partial charge < -0.3 is 15.2 Å². The number of halogens is 4. The molecule has 2 aromatic heterocycles. The molecular formula is C21H21F4N3O2. The molecule has 0 amide bonds. The van der Waals surface area contributed by atoms with Crippen molar-refractivity contribution in [3.05, 3.63) is 65.9 Å². The highest BCUT2D eigenvalue weighted by atomic mass is 19.4. The van der Waals surface area contributed by atoms with Crippen LogP contribution in [0.5, 0.6) is 0 Å². The Morgan fingerprint density at radius 1 is 1.13 bits per heavy atom. The van der Waals surface area contributed by atoms with Crippen molar-refractivity contribution < 1.29 is 27.4 Å². The fourth-order valence-corrected chi connectivity index (χ4v) is 3.16. The van der Waals surface area contributed by atoms with Gasteiger partial charge in [0.25, 0.3) is 0 Å². The second-order valence-electron chi connectivity index (χ2n) is 6.88. The van der Waals surface area contributed by atoms with Gasteiger partial charge in [0.05, 0.1) is 18.2 Å². The maximum absolute atomic E-state index is 14.0. The molecule has 1 aromatic carbocycles. The number of benzene rings is 1. The number of aryl methyl sites for hydroxylation is 1. The number of aromatic nitrogens is 2. The van der Waals surface area contributed by atoms with Crippen LogP contribution in [-0.2, 0) is 4.74 Å². The van der Waals surface area contributed by atoms with Crippen molar-refractivity contribution in [2.75, 3.05) is 18.5 Å². The predicted octanol–water partition coefficient (Wildman–Crippen LogP) is 4.56. The van der Waals surface area contributed by atoms with Gasteiger partial charge in [-0.3, -0.25) is 4.98 Å². The number of nitrogens with one attached hydrogen (secondary N) is 1. The van der Waals surface area contributed by atoms with E-state index in [4.69, 9.17) is 4.74 Å². The first-order valence-corrected chi connectivity index (χ1v) is 9.27. The van der Waals surface area contributed by atoms with Crippen molar-refractivity contribution in [2.24, 2.45) is 0 Å². The molecular weight excluding hydrogens is 402 g/mol. The van der Waals surface area contributed by atoms with E-state index in [2.05, 4.69) is 15.3 Å². The summed E-state index contributed by atoms with van der Waals surface area (Å²) in [4.78, 5) is 7.83. The van der Waals surface area contributed by atoms with Crippen LogP contribution in [0.3, 0.4) is 0 Å². The highest BCUT2D eigenvalue weighted by Crippen LogP contribution is 2.43. The zero-order chi connectivity index (χ0) is 21.9. The van der Waals surface area contributed by atoms with Gasteiger partial charge in [-0.05, 0) is 49.7 Å². The Kier molecular flexibility index (Phi) is 6.23. The van der Waals surface area contributed by atoms with Crippen molar-refractivity contribution >= 4 is 16.6 Å². The molecule has 0 saturated heterocycles. The van der Waals surface area contributed by atoms with Gasteiger partial charge in [0.15, 0.2) is 0 Å². The quantitative estimate of drug-likeness (QED) is 0.431. The lowest BCUT2D eigenvalue weighted by Crippen LogP contribution is -2.56. The number of hydrogen-bond acceptors (Lipinski definition) is 5. The van der Waals surface area contributed by atoms with Crippen LogP contribution in [0.4, 0.5) is 23.2 Å². The van der Waals surface area contributed by atoms with E-state index >= 15 is 0 Å². The Morgan fingerprint density at radius 2 is 1.90 bits per heavy atom. The lowest BCUT2D eigenvalue weighted by molar-refractivity contribution is -0.281. The number of pyridine rings is 2. The van der Waals surface area contributed by atoms with Crippen LogP contribution in [0.25, 0.3) is 10.9 Å². The molecule has 2 atom stereocenters. The number of ether oxygens (including phenoxy) is 1. The molecule has 0 aliphatic heterocycles. The van der Waals surface area contributed by atoms with Crippen molar-refractivity contribution in [3.8, 4) is 0 Å². The largest absolute Gasteiger partial charge is 0.421 e. The highest BCUT2D eigenvalue weighted by molar-refractivity contribution is 5.91. The number of nitrogens with zero attached hydrogens (tertiary/aromatic N) is 2. The summed E-state index contributed by atoms with van der Waals surface area (Å²) in [6.45, 7) is 2.29. The molecule has 0 aliphatic carbocycles. The third-order valence-corrected chi connectivity index (χ3v) is 4.75. The summed E-state index contributed by atoms with van der Waals surface area (Å²) in [5.74, 6) is -0.845. The minimum Gasteiger partial charge on any atom is -0.378 e. The summed E-state index contributed by atoms with van der Waals surface area (Å²) in [6.07, 6.45) is -4.09. The van der Waals surface area contributed by atoms with Crippen LogP contribution in [0.1, 0.15) is 24.2 Å². The number of fused-ring (bicyclic) bond motifs is 1. The van der Waals surface area contributed by atoms with Crippen LogP contribution in [0.15, 0.2) is 48.7 Å². The molecule has 0 aliphatic rings. The zero-order valence-electron chi connectivity index (χ0n) is 16.4. The summed E-state index contributed by atoms with van der Waals surface area (Å²) in [6, 6.07) is 8.80. The molecule has 2 unspecified atom stereocenters. The molecule has 0 spiro atoms. The molecule has 30 heavy (non-hydrogen) atoms. The first-order valence-electron chi connectivity index (χ1n) is 9.27. The average Bonchev–Trinajstić information content (AvgIpc) is 2.70. The maximum atomic E-state index is 14.0. The lowest BCUT2D eigenvalue weighted by Gasteiger charge is -2.38. The van der Waals surface area contributed by atoms with Gasteiger partial charge in [0, 0.05) is 29.6 Å². The molecule has 160 valence electrons. The van der Waals surface area contributed by atoms with E-state index in [1.54, 1.807) is 37.3 Å². The predicted molar refractivity (Wildman–Crippen MR) is 105 cm³/mol. The Bertz CT molecular complexity index is 1010.